The highest BCUT2D eigenvalue weighted by Crippen LogP contribution is 2.26. The Morgan fingerprint density at radius 1 is 1.32 bits per heavy atom. The van der Waals surface area contributed by atoms with Crippen molar-refractivity contribution in [1.29, 1.82) is 0 Å². The molecule has 2 aromatic rings. The van der Waals surface area contributed by atoms with Crippen molar-refractivity contribution >= 4 is 11.7 Å². The molecular formula is C16H21N5O. The van der Waals surface area contributed by atoms with Gasteiger partial charge in [0.2, 0.25) is 5.91 Å². The molecule has 1 amide bonds. The van der Waals surface area contributed by atoms with Gasteiger partial charge in [-0.1, -0.05) is 30.3 Å². The van der Waals surface area contributed by atoms with Gasteiger partial charge < -0.3 is 16.4 Å². The van der Waals surface area contributed by atoms with Crippen molar-refractivity contribution in [3.05, 3.63) is 47.7 Å². The molecular weight excluding hydrogens is 278 g/mol. The molecule has 116 valence electrons. The van der Waals surface area contributed by atoms with E-state index in [0.717, 1.165) is 5.69 Å². The fraction of sp³-hybridized carbons (Fsp3) is 0.375. The monoisotopic (exact) mass is 299 g/mol. The Hall–Kier alpha value is -2.34. The Labute approximate surface area is 129 Å². The molecule has 2 heterocycles. The first-order chi connectivity index (χ1) is 10.5. The molecule has 1 aliphatic heterocycles. The van der Waals surface area contributed by atoms with Crippen LogP contribution in [0.2, 0.25) is 0 Å². The lowest BCUT2D eigenvalue weighted by molar-refractivity contribution is -0.131. The molecule has 1 aliphatic rings. The Bertz CT molecular complexity index is 666. The minimum Gasteiger partial charge on any atom is -0.384 e. The lowest BCUT2D eigenvalue weighted by Gasteiger charge is -2.17. The van der Waals surface area contributed by atoms with Crippen molar-refractivity contribution in [1.82, 2.24) is 14.7 Å². The summed E-state index contributed by atoms with van der Waals surface area (Å²) in [5.74, 6) is 0.694. The highest BCUT2D eigenvalue weighted by Gasteiger charge is 2.33. The summed E-state index contributed by atoms with van der Waals surface area (Å²) in [6.07, 6.45) is 0. The number of amides is 1. The van der Waals surface area contributed by atoms with Crippen LogP contribution in [-0.2, 0) is 11.3 Å². The third-order valence-corrected chi connectivity index (χ3v) is 4.16. The second-order valence-electron chi connectivity index (χ2n) is 5.85. The van der Waals surface area contributed by atoms with E-state index in [2.05, 4.69) is 17.2 Å². The van der Waals surface area contributed by atoms with E-state index in [0.29, 0.717) is 18.9 Å². The second-order valence-corrected chi connectivity index (χ2v) is 5.85. The number of likely N-dealkylation sites (tertiary alicyclic amines) is 1. The maximum atomic E-state index is 12.5. The molecule has 0 aliphatic carbocycles. The van der Waals surface area contributed by atoms with Crippen LogP contribution in [0.1, 0.15) is 17.2 Å². The molecule has 0 unspecified atom stereocenters. The third-order valence-electron chi connectivity index (χ3n) is 4.16. The molecule has 0 radical (unpaired) electrons. The summed E-state index contributed by atoms with van der Waals surface area (Å²) in [6, 6.07) is 11.8. The maximum Gasteiger partial charge on any atom is 0.244 e. The third kappa shape index (κ3) is 2.82. The normalized spacial score (nSPS) is 21.3. The molecule has 0 saturated carbocycles. The van der Waals surface area contributed by atoms with Gasteiger partial charge in [0, 0.05) is 31.1 Å². The van der Waals surface area contributed by atoms with E-state index in [-0.39, 0.29) is 24.4 Å². The number of carbonyl (C=O) groups is 1. The van der Waals surface area contributed by atoms with Gasteiger partial charge in [-0.3, -0.25) is 4.79 Å². The number of aromatic nitrogens is 2. The van der Waals surface area contributed by atoms with Crippen molar-refractivity contribution in [2.24, 2.45) is 5.73 Å². The van der Waals surface area contributed by atoms with Crippen molar-refractivity contribution in [3.63, 3.8) is 0 Å². The zero-order valence-corrected chi connectivity index (χ0v) is 12.6. The van der Waals surface area contributed by atoms with Crippen LogP contribution in [0.15, 0.2) is 36.4 Å². The van der Waals surface area contributed by atoms with Crippen molar-refractivity contribution < 1.29 is 4.79 Å². The molecule has 2 atom stereocenters. The number of hydrogen-bond donors (Lipinski definition) is 2. The molecule has 22 heavy (non-hydrogen) atoms. The van der Waals surface area contributed by atoms with Crippen molar-refractivity contribution in [3.8, 4) is 0 Å². The average molecular weight is 299 g/mol. The first kappa shape index (κ1) is 14.6. The fourth-order valence-electron chi connectivity index (χ4n) is 3.01. The molecule has 1 saturated heterocycles. The van der Waals surface area contributed by atoms with Gasteiger partial charge in [-0.05, 0) is 12.5 Å². The largest absolute Gasteiger partial charge is 0.384 e. The molecule has 0 spiro atoms. The molecule has 4 N–H and O–H groups in total. The van der Waals surface area contributed by atoms with Crippen LogP contribution in [0.5, 0.6) is 0 Å². The highest BCUT2D eigenvalue weighted by atomic mass is 16.2. The predicted octanol–water partition coefficient (Wildman–Crippen LogP) is 0.727. The van der Waals surface area contributed by atoms with Crippen molar-refractivity contribution in [2.45, 2.75) is 25.4 Å². The molecule has 1 aromatic carbocycles. The van der Waals surface area contributed by atoms with E-state index in [9.17, 15) is 4.79 Å². The number of carbonyl (C=O) groups excluding carboxylic acids is 1. The van der Waals surface area contributed by atoms with E-state index in [1.54, 1.807) is 15.6 Å². The minimum absolute atomic E-state index is 0.00341. The van der Waals surface area contributed by atoms with Gasteiger partial charge in [-0.2, -0.15) is 5.10 Å². The number of hydrogen-bond acceptors (Lipinski definition) is 4. The quantitative estimate of drug-likeness (QED) is 0.874. The van der Waals surface area contributed by atoms with Crippen LogP contribution in [0.25, 0.3) is 0 Å². The van der Waals surface area contributed by atoms with Crippen LogP contribution in [0.3, 0.4) is 0 Å². The first-order valence-corrected chi connectivity index (χ1v) is 7.43. The van der Waals surface area contributed by atoms with E-state index in [1.165, 1.54) is 5.56 Å². The van der Waals surface area contributed by atoms with Gasteiger partial charge in [0.05, 0.1) is 5.69 Å². The van der Waals surface area contributed by atoms with E-state index in [1.807, 2.05) is 25.1 Å². The van der Waals surface area contributed by atoms with Crippen LogP contribution in [0, 0.1) is 6.92 Å². The standard InChI is InChI=1S/C16H21N5O/c1-11-7-15(18)21(19-11)10-16(22)20-8-13(14(17)9-20)12-5-3-2-4-6-12/h2-7,13-14H,8-10,17-18H2,1H3/t13-,14+/m1/s1. The maximum absolute atomic E-state index is 12.5. The predicted molar refractivity (Wildman–Crippen MR) is 85.1 cm³/mol. The zero-order chi connectivity index (χ0) is 15.7. The Balaban J connectivity index is 1.69. The second kappa shape index (κ2) is 5.81. The summed E-state index contributed by atoms with van der Waals surface area (Å²) < 4.78 is 1.54. The molecule has 0 bridgehead atoms. The lowest BCUT2D eigenvalue weighted by atomic mass is 9.95. The van der Waals surface area contributed by atoms with Crippen LogP contribution in [-0.4, -0.2) is 39.7 Å². The molecule has 6 heteroatoms. The number of nitrogen functional groups attached to an aromatic ring is 1. The molecule has 6 nitrogen and oxygen atoms in total. The number of rotatable bonds is 3. The summed E-state index contributed by atoms with van der Waals surface area (Å²) in [7, 11) is 0. The van der Waals surface area contributed by atoms with E-state index in [4.69, 9.17) is 11.5 Å². The van der Waals surface area contributed by atoms with Gasteiger partial charge >= 0.3 is 0 Å². The number of benzene rings is 1. The Morgan fingerprint density at radius 3 is 2.68 bits per heavy atom. The molecule has 1 fully saturated rings. The van der Waals surface area contributed by atoms with Crippen LogP contribution < -0.4 is 11.5 Å². The topological polar surface area (TPSA) is 90.2 Å². The van der Waals surface area contributed by atoms with Gasteiger partial charge in [0.1, 0.15) is 12.4 Å². The average Bonchev–Trinajstić information content (AvgIpc) is 3.03. The van der Waals surface area contributed by atoms with E-state index >= 15 is 0 Å². The Kier molecular flexibility index (Phi) is 3.85. The SMILES string of the molecule is Cc1cc(N)n(CC(=O)N2C[C@H](c3ccccc3)[C@@H](N)C2)n1. The van der Waals surface area contributed by atoms with E-state index < -0.39 is 0 Å². The number of nitrogens with zero attached hydrogens (tertiary/aromatic N) is 3. The van der Waals surface area contributed by atoms with Crippen molar-refractivity contribution in [2.75, 3.05) is 18.8 Å². The van der Waals surface area contributed by atoms with Crippen LogP contribution in [0.4, 0.5) is 5.82 Å². The fourth-order valence-corrected chi connectivity index (χ4v) is 3.01. The number of nitrogens with two attached hydrogens (primary N) is 2. The zero-order valence-electron chi connectivity index (χ0n) is 12.6. The van der Waals surface area contributed by atoms with Gasteiger partial charge in [0.15, 0.2) is 0 Å². The molecule has 1 aromatic heterocycles. The summed E-state index contributed by atoms with van der Waals surface area (Å²) in [4.78, 5) is 14.3. The Morgan fingerprint density at radius 2 is 2.05 bits per heavy atom. The van der Waals surface area contributed by atoms with Gasteiger partial charge in [-0.25, -0.2) is 4.68 Å². The summed E-state index contributed by atoms with van der Waals surface area (Å²) in [6.45, 7) is 3.23. The number of aryl methyl sites for hydroxylation is 1. The highest BCUT2D eigenvalue weighted by molar-refractivity contribution is 5.77. The lowest BCUT2D eigenvalue weighted by Crippen LogP contribution is -2.34. The smallest absolute Gasteiger partial charge is 0.244 e. The number of anilines is 1. The minimum atomic E-state index is -0.0388. The summed E-state index contributed by atoms with van der Waals surface area (Å²) in [5.41, 5.74) is 14.1. The molecule has 3 rings (SSSR count). The first-order valence-electron chi connectivity index (χ1n) is 7.43. The summed E-state index contributed by atoms with van der Waals surface area (Å²) >= 11 is 0. The van der Waals surface area contributed by atoms with Gasteiger partial charge in [-0.15, -0.1) is 0 Å². The van der Waals surface area contributed by atoms with Gasteiger partial charge in [0.25, 0.3) is 0 Å². The van der Waals surface area contributed by atoms with Crippen LogP contribution >= 0.6 is 0 Å². The summed E-state index contributed by atoms with van der Waals surface area (Å²) in [5, 5.41) is 4.23.